The number of non-ortho nitro benzene ring substituents is 1. The molecule has 104 valence electrons. The summed E-state index contributed by atoms with van der Waals surface area (Å²) in [5.74, 6) is 0.444. The van der Waals surface area contributed by atoms with Gasteiger partial charge in [0, 0.05) is 22.6 Å². The van der Waals surface area contributed by atoms with Crippen LogP contribution in [0.4, 0.5) is 11.4 Å². The smallest absolute Gasteiger partial charge is 0.271 e. The lowest BCUT2D eigenvalue weighted by molar-refractivity contribution is -0.384. The fraction of sp³-hybridized carbons (Fsp3) is 0.538. The first-order valence-electron chi connectivity index (χ1n) is 6.52. The van der Waals surface area contributed by atoms with E-state index < -0.39 is 0 Å². The summed E-state index contributed by atoms with van der Waals surface area (Å²) in [4.78, 5) is 10.4. The molecule has 0 bridgehead atoms. The number of nitrogens with two attached hydrogens (primary N) is 1. The van der Waals surface area contributed by atoms with Crippen molar-refractivity contribution in [3.05, 3.63) is 32.8 Å². The number of benzene rings is 1. The molecule has 0 aliphatic heterocycles. The predicted molar refractivity (Wildman–Crippen MR) is 79.2 cm³/mol. The Balaban J connectivity index is 2.17. The number of nitrogens with zero attached hydrogens (tertiary/aromatic N) is 1. The average molecular weight is 328 g/mol. The van der Waals surface area contributed by atoms with Gasteiger partial charge in [0.15, 0.2) is 0 Å². The molecule has 0 amide bonds. The minimum Gasteiger partial charge on any atom is -0.381 e. The normalized spacial score (nSPS) is 23.1. The highest BCUT2D eigenvalue weighted by molar-refractivity contribution is 9.10. The summed E-state index contributed by atoms with van der Waals surface area (Å²) in [5.41, 5.74) is 6.68. The van der Waals surface area contributed by atoms with Crippen molar-refractivity contribution in [2.75, 3.05) is 11.9 Å². The van der Waals surface area contributed by atoms with Crippen molar-refractivity contribution < 1.29 is 4.92 Å². The van der Waals surface area contributed by atoms with Gasteiger partial charge in [-0.15, -0.1) is 0 Å². The number of nitrogens with one attached hydrogen (secondary N) is 1. The van der Waals surface area contributed by atoms with E-state index in [-0.39, 0.29) is 10.6 Å². The molecule has 1 saturated carbocycles. The number of hydrogen-bond acceptors (Lipinski definition) is 4. The molecular weight excluding hydrogens is 310 g/mol. The Hall–Kier alpha value is -1.14. The molecule has 5 nitrogen and oxygen atoms in total. The Bertz CT molecular complexity index is 467. The maximum absolute atomic E-state index is 10.8. The van der Waals surface area contributed by atoms with Gasteiger partial charge in [-0.3, -0.25) is 10.1 Å². The van der Waals surface area contributed by atoms with Crippen molar-refractivity contribution in [2.24, 2.45) is 11.7 Å². The molecule has 2 unspecified atom stereocenters. The fourth-order valence-electron chi connectivity index (χ4n) is 2.62. The van der Waals surface area contributed by atoms with Crippen LogP contribution in [0.3, 0.4) is 0 Å². The van der Waals surface area contributed by atoms with E-state index in [0.29, 0.717) is 18.5 Å². The summed E-state index contributed by atoms with van der Waals surface area (Å²) in [6.45, 7) is 0.657. The van der Waals surface area contributed by atoms with Crippen LogP contribution in [-0.2, 0) is 0 Å². The maximum atomic E-state index is 10.8. The average Bonchev–Trinajstić information content (AvgIpc) is 2.41. The molecule has 19 heavy (non-hydrogen) atoms. The third-order valence-electron chi connectivity index (χ3n) is 3.71. The molecule has 0 saturated heterocycles. The van der Waals surface area contributed by atoms with Crippen LogP contribution in [0.25, 0.3) is 0 Å². The van der Waals surface area contributed by atoms with Crippen molar-refractivity contribution in [3.63, 3.8) is 0 Å². The zero-order chi connectivity index (χ0) is 13.8. The van der Waals surface area contributed by atoms with Crippen molar-refractivity contribution in [3.8, 4) is 0 Å². The monoisotopic (exact) mass is 327 g/mol. The van der Waals surface area contributed by atoms with E-state index >= 15 is 0 Å². The summed E-state index contributed by atoms with van der Waals surface area (Å²) < 4.78 is 0.847. The highest BCUT2D eigenvalue weighted by atomic mass is 79.9. The highest BCUT2D eigenvalue weighted by Gasteiger charge is 2.24. The van der Waals surface area contributed by atoms with Crippen LogP contribution in [0.2, 0.25) is 0 Å². The molecule has 0 aromatic heterocycles. The van der Waals surface area contributed by atoms with Gasteiger partial charge in [-0.05, 0) is 47.3 Å². The largest absolute Gasteiger partial charge is 0.381 e. The Morgan fingerprint density at radius 3 is 2.84 bits per heavy atom. The minimum absolute atomic E-state index is 0.103. The fourth-order valence-corrected chi connectivity index (χ4v) is 2.98. The van der Waals surface area contributed by atoms with Crippen molar-refractivity contribution >= 4 is 27.3 Å². The van der Waals surface area contributed by atoms with E-state index in [1.54, 1.807) is 12.1 Å². The number of hydrogen-bond donors (Lipinski definition) is 2. The number of nitro benzene ring substituents is 1. The predicted octanol–water partition coefficient (Wildman–Crippen LogP) is 3.29. The van der Waals surface area contributed by atoms with Crippen LogP contribution < -0.4 is 11.1 Å². The van der Waals surface area contributed by atoms with E-state index in [1.807, 2.05) is 0 Å². The minimum atomic E-state index is -0.376. The van der Waals surface area contributed by atoms with Gasteiger partial charge in [-0.2, -0.15) is 0 Å². The number of halogens is 1. The van der Waals surface area contributed by atoms with E-state index in [2.05, 4.69) is 21.2 Å². The third-order valence-corrected chi connectivity index (χ3v) is 4.40. The van der Waals surface area contributed by atoms with Gasteiger partial charge >= 0.3 is 0 Å². The number of anilines is 1. The molecule has 1 aromatic carbocycles. The summed E-state index contributed by atoms with van der Waals surface area (Å²) >= 11 is 3.43. The van der Waals surface area contributed by atoms with Crippen molar-refractivity contribution in [2.45, 2.75) is 31.7 Å². The summed E-state index contributed by atoms with van der Waals surface area (Å²) in [6, 6.07) is 5.08. The second kappa shape index (κ2) is 6.34. The second-order valence-corrected chi connectivity index (χ2v) is 5.81. The SMILES string of the molecule is NCC1CCCCC1Nc1cc([N+](=O)[O-])ccc1Br. The van der Waals surface area contributed by atoms with Gasteiger partial charge in [0.2, 0.25) is 0 Å². The molecule has 0 radical (unpaired) electrons. The Labute approximate surface area is 120 Å². The Morgan fingerprint density at radius 2 is 2.16 bits per heavy atom. The molecular formula is C13H18BrN3O2. The van der Waals surface area contributed by atoms with Gasteiger partial charge < -0.3 is 11.1 Å². The van der Waals surface area contributed by atoms with Gasteiger partial charge in [0.25, 0.3) is 5.69 Å². The molecule has 1 aliphatic carbocycles. The van der Waals surface area contributed by atoms with Crippen LogP contribution in [0.1, 0.15) is 25.7 Å². The van der Waals surface area contributed by atoms with Crippen LogP contribution in [0, 0.1) is 16.0 Å². The lowest BCUT2D eigenvalue weighted by Crippen LogP contribution is -2.36. The first kappa shape index (κ1) is 14.3. The quantitative estimate of drug-likeness (QED) is 0.656. The topological polar surface area (TPSA) is 81.2 Å². The van der Waals surface area contributed by atoms with E-state index in [0.717, 1.165) is 23.0 Å². The van der Waals surface area contributed by atoms with E-state index in [4.69, 9.17) is 5.73 Å². The van der Waals surface area contributed by atoms with E-state index in [1.165, 1.54) is 18.9 Å². The lowest BCUT2D eigenvalue weighted by atomic mass is 9.84. The van der Waals surface area contributed by atoms with Crippen LogP contribution >= 0.6 is 15.9 Å². The first-order chi connectivity index (χ1) is 9.11. The summed E-state index contributed by atoms with van der Waals surface area (Å²) in [5, 5.41) is 14.2. The van der Waals surface area contributed by atoms with Crippen molar-refractivity contribution in [1.82, 2.24) is 0 Å². The van der Waals surface area contributed by atoms with Gasteiger partial charge in [0.1, 0.15) is 0 Å². The van der Waals surface area contributed by atoms with Gasteiger partial charge in [0.05, 0.1) is 10.6 Å². The zero-order valence-corrected chi connectivity index (χ0v) is 12.2. The molecule has 2 atom stereocenters. The molecule has 0 spiro atoms. The zero-order valence-electron chi connectivity index (χ0n) is 10.6. The summed E-state index contributed by atoms with van der Waals surface area (Å²) in [7, 11) is 0. The van der Waals surface area contributed by atoms with Gasteiger partial charge in [-0.25, -0.2) is 0 Å². The molecule has 1 fully saturated rings. The standard InChI is InChI=1S/C13H18BrN3O2/c14-11-6-5-10(17(18)19)7-13(11)16-12-4-2-1-3-9(12)8-15/h5-7,9,12,16H,1-4,8,15H2. The highest BCUT2D eigenvalue weighted by Crippen LogP contribution is 2.32. The Morgan fingerprint density at radius 1 is 1.42 bits per heavy atom. The van der Waals surface area contributed by atoms with E-state index in [9.17, 15) is 10.1 Å². The number of nitro groups is 1. The van der Waals surface area contributed by atoms with Crippen molar-refractivity contribution in [1.29, 1.82) is 0 Å². The third kappa shape index (κ3) is 3.45. The summed E-state index contributed by atoms with van der Waals surface area (Å²) in [6.07, 6.45) is 4.59. The molecule has 1 aliphatic rings. The first-order valence-corrected chi connectivity index (χ1v) is 7.31. The van der Waals surface area contributed by atoms with Gasteiger partial charge in [-0.1, -0.05) is 12.8 Å². The van der Waals surface area contributed by atoms with Crippen LogP contribution in [0.15, 0.2) is 22.7 Å². The van der Waals surface area contributed by atoms with Crippen LogP contribution in [0.5, 0.6) is 0 Å². The van der Waals surface area contributed by atoms with Crippen LogP contribution in [-0.4, -0.2) is 17.5 Å². The second-order valence-electron chi connectivity index (χ2n) is 4.95. The molecule has 2 rings (SSSR count). The maximum Gasteiger partial charge on any atom is 0.271 e. The number of rotatable bonds is 4. The molecule has 6 heteroatoms. The lowest BCUT2D eigenvalue weighted by Gasteiger charge is -2.32. The Kier molecular flexibility index (Phi) is 4.76. The molecule has 1 aromatic rings. The molecule has 0 heterocycles. The molecule has 3 N–H and O–H groups in total.